The third-order valence-electron chi connectivity index (χ3n) is 3.22. The molecule has 0 aliphatic rings. The Morgan fingerprint density at radius 1 is 1.29 bits per heavy atom. The van der Waals surface area contributed by atoms with Crippen LogP contribution in [-0.2, 0) is 0 Å². The zero-order valence-corrected chi connectivity index (χ0v) is 13.4. The first-order valence-corrected chi connectivity index (χ1v) is 7.75. The molecule has 0 saturated carbocycles. The second kappa shape index (κ2) is 6.55. The molecule has 122 valence electrons. The van der Waals surface area contributed by atoms with Crippen LogP contribution in [0, 0.1) is 0 Å². The van der Waals surface area contributed by atoms with E-state index in [-0.39, 0.29) is 11.1 Å². The van der Waals surface area contributed by atoms with E-state index < -0.39 is 11.8 Å². The standard InChI is InChI=1S/C16H13N3O4S/c1-22-10-4-5-12-9(7-10)8-11(14(17)20)16(23-12)19-18-15(21)13-3-2-6-24-13/h2-8H,1H3,(H2,17,20)(H,18,21)/b19-16-. The maximum Gasteiger partial charge on any atom is 0.281 e. The SMILES string of the molecule is COc1ccc2o/c(=N\NC(=O)c3cccs3)c(C(N)=O)cc2c1. The van der Waals surface area contributed by atoms with E-state index in [1.165, 1.54) is 18.4 Å². The van der Waals surface area contributed by atoms with Crippen LogP contribution in [0.5, 0.6) is 5.75 Å². The molecule has 0 aliphatic carbocycles. The van der Waals surface area contributed by atoms with E-state index in [1.54, 1.807) is 41.8 Å². The summed E-state index contributed by atoms with van der Waals surface area (Å²) in [5.41, 5.74) is 8.20. The molecule has 0 aliphatic heterocycles. The fourth-order valence-electron chi connectivity index (χ4n) is 2.06. The van der Waals surface area contributed by atoms with Crippen molar-refractivity contribution in [1.29, 1.82) is 0 Å². The number of nitrogens with two attached hydrogens (primary N) is 1. The molecule has 1 aromatic carbocycles. The van der Waals surface area contributed by atoms with Gasteiger partial charge < -0.3 is 14.9 Å². The van der Waals surface area contributed by atoms with Crippen molar-refractivity contribution in [2.75, 3.05) is 7.11 Å². The molecule has 0 bridgehead atoms. The average Bonchev–Trinajstić information content (AvgIpc) is 3.12. The van der Waals surface area contributed by atoms with Crippen molar-refractivity contribution < 1.29 is 18.7 Å². The van der Waals surface area contributed by atoms with Crippen LogP contribution in [0.25, 0.3) is 11.0 Å². The number of primary amides is 1. The Morgan fingerprint density at radius 2 is 2.12 bits per heavy atom. The summed E-state index contributed by atoms with van der Waals surface area (Å²) in [5.74, 6) is -0.498. The number of methoxy groups -OCH3 is 1. The highest BCUT2D eigenvalue weighted by molar-refractivity contribution is 7.12. The van der Waals surface area contributed by atoms with Crippen LogP contribution >= 0.6 is 11.3 Å². The summed E-state index contributed by atoms with van der Waals surface area (Å²) in [5, 5.41) is 6.29. The fraction of sp³-hybridized carbons (Fsp3) is 0.0625. The van der Waals surface area contributed by atoms with Gasteiger partial charge in [-0.3, -0.25) is 9.59 Å². The highest BCUT2D eigenvalue weighted by Crippen LogP contribution is 2.20. The van der Waals surface area contributed by atoms with Crippen molar-refractivity contribution in [2.24, 2.45) is 10.8 Å². The Morgan fingerprint density at radius 3 is 2.79 bits per heavy atom. The Balaban J connectivity index is 2.05. The first-order valence-electron chi connectivity index (χ1n) is 6.88. The smallest absolute Gasteiger partial charge is 0.281 e. The maximum absolute atomic E-state index is 11.9. The van der Waals surface area contributed by atoms with Gasteiger partial charge in [0.2, 0.25) is 5.55 Å². The summed E-state index contributed by atoms with van der Waals surface area (Å²) in [4.78, 5) is 24.1. The second-order valence-electron chi connectivity index (χ2n) is 4.76. The van der Waals surface area contributed by atoms with E-state index in [9.17, 15) is 9.59 Å². The third-order valence-corrected chi connectivity index (χ3v) is 4.09. The molecule has 3 aromatic rings. The van der Waals surface area contributed by atoms with Crippen molar-refractivity contribution in [3.63, 3.8) is 0 Å². The predicted molar refractivity (Wildman–Crippen MR) is 88.6 cm³/mol. The predicted octanol–water partition coefficient (Wildman–Crippen LogP) is 1.85. The van der Waals surface area contributed by atoms with Crippen molar-refractivity contribution >= 4 is 34.1 Å². The molecular formula is C16H13N3O4S. The van der Waals surface area contributed by atoms with Gasteiger partial charge in [-0.15, -0.1) is 16.4 Å². The van der Waals surface area contributed by atoms with Crippen LogP contribution in [0.1, 0.15) is 20.0 Å². The number of carbonyl (C=O) groups excluding carboxylic acids is 2. The van der Waals surface area contributed by atoms with Crippen molar-refractivity contribution in [3.05, 3.63) is 57.8 Å². The number of nitrogens with one attached hydrogen (secondary N) is 1. The minimum atomic E-state index is -0.715. The van der Waals surface area contributed by atoms with Gasteiger partial charge in [-0.1, -0.05) is 6.07 Å². The molecule has 3 rings (SSSR count). The van der Waals surface area contributed by atoms with Gasteiger partial charge in [0.05, 0.1) is 12.0 Å². The largest absolute Gasteiger partial charge is 0.497 e. The number of thiophene rings is 1. The van der Waals surface area contributed by atoms with Crippen LogP contribution in [0.4, 0.5) is 0 Å². The van der Waals surface area contributed by atoms with Crippen LogP contribution in [0.15, 0.2) is 51.3 Å². The molecule has 8 heteroatoms. The van der Waals surface area contributed by atoms with Crippen molar-refractivity contribution in [1.82, 2.24) is 5.43 Å². The van der Waals surface area contributed by atoms with E-state index in [0.29, 0.717) is 21.6 Å². The second-order valence-corrected chi connectivity index (χ2v) is 5.71. The molecule has 24 heavy (non-hydrogen) atoms. The van der Waals surface area contributed by atoms with Crippen LogP contribution in [-0.4, -0.2) is 18.9 Å². The molecule has 2 aromatic heterocycles. The van der Waals surface area contributed by atoms with E-state index >= 15 is 0 Å². The average molecular weight is 343 g/mol. The number of rotatable bonds is 4. The number of hydrogen-bond donors (Lipinski definition) is 2. The first kappa shape index (κ1) is 15.8. The number of amides is 2. The molecule has 2 heterocycles. The lowest BCUT2D eigenvalue weighted by Crippen LogP contribution is -2.26. The summed E-state index contributed by atoms with van der Waals surface area (Å²) < 4.78 is 10.7. The number of hydrogen-bond acceptors (Lipinski definition) is 6. The number of nitrogens with zero attached hydrogens (tertiary/aromatic N) is 1. The molecule has 0 spiro atoms. The van der Waals surface area contributed by atoms with Gasteiger partial charge in [0, 0.05) is 5.39 Å². The van der Waals surface area contributed by atoms with Crippen molar-refractivity contribution in [3.8, 4) is 5.75 Å². The van der Waals surface area contributed by atoms with Gasteiger partial charge in [-0.05, 0) is 35.7 Å². The molecule has 0 unspecified atom stereocenters. The summed E-state index contributed by atoms with van der Waals surface area (Å²) >= 11 is 1.28. The molecule has 0 saturated heterocycles. The number of benzene rings is 1. The quantitative estimate of drug-likeness (QED) is 0.705. The van der Waals surface area contributed by atoms with Gasteiger partial charge in [0.25, 0.3) is 11.8 Å². The van der Waals surface area contributed by atoms with E-state index in [1.807, 2.05) is 0 Å². The maximum atomic E-state index is 11.9. The molecule has 3 N–H and O–H groups in total. The Hall–Kier alpha value is -3.13. The third kappa shape index (κ3) is 3.13. The van der Waals surface area contributed by atoms with Gasteiger partial charge >= 0.3 is 0 Å². The van der Waals surface area contributed by atoms with E-state index in [2.05, 4.69) is 10.5 Å². The molecular weight excluding hydrogens is 330 g/mol. The molecule has 0 fully saturated rings. The number of ether oxygens (including phenoxy) is 1. The fourth-order valence-corrected chi connectivity index (χ4v) is 2.67. The topological polar surface area (TPSA) is 107 Å². The lowest BCUT2D eigenvalue weighted by atomic mass is 10.1. The molecule has 2 amide bonds. The monoisotopic (exact) mass is 343 g/mol. The lowest BCUT2D eigenvalue weighted by Gasteiger charge is -2.04. The lowest BCUT2D eigenvalue weighted by molar-refractivity contribution is 0.0950. The minimum Gasteiger partial charge on any atom is -0.497 e. The molecule has 7 nitrogen and oxygen atoms in total. The molecule has 0 radical (unpaired) electrons. The van der Waals surface area contributed by atoms with Crippen LogP contribution in [0.2, 0.25) is 0 Å². The number of carbonyl (C=O) groups is 2. The van der Waals surface area contributed by atoms with Gasteiger partial charge in [-0.2, -0.15) is 0 Å². The van der Waals surface area contributed by atoms with Crippen LogP contribution < -0.4 is 21.5 Å². The Bertz CT molecular complexity index is 977. The summed E-state index contributed by atoms with van der Waals surface area (Å²) in [6, 6.07) is 10.1. The molecule has 0 atom stereocenters. The Kier molecular flexibility index (Phi) is 4.30. The van der Waals surface area contributed by atoms with E-state index in [0.717, 1.165) is 0 Å². The Labute approximate surface area is 140 Å². The van der Waals surface area contributed by atoms with Gasteiger partial charge in [0.15, 0.2) is 0 Å². The van der Waals surface area contributed by atoms with Crippen molar-refractivity contribution in [2.45, 2.75) is 0 Å². The summed E-state index contributed by atoms with van der Waals surface area (Å²) in [6.45, 7) is 0. The first-order chi connectivity index (χ1) is 11.6. The van der Waals surface area contributed by atoms with E-state index in [4.69, 9.17) is 14.9 Å². The zero-order valence-electron chi connectivity index (χ0n) is 12.6. The number of fused-ring (bicyclic) bond motifs is 1. The highest BCUT2D eigenvalue weighted by Gasteiger charge is 2.11. The zero-order chi connectivity index (χ0) is 17.1. The highest BCUT2D eigenvalue weighted by atomic mass is 32.1. The minimum absolute atomic E-state index is 0.0576. The van der Waals surface area contributed by atoms with Gasteiger partial charge in [0.1, 0.15) is 16.9 Å². The normalized spacial score (nSPS) is 11.5. The summed E-state index contributed by atoms with van der Waals surface area (Å²) in [7, 11) is 1.54. The summed E-state index contributed by atoms with van der Waals surface area (Å²) in [6.07, 6.45) is 0. The van der Waals surface area contributed by atoms with Gasteiger partial charge in [-0.25, -0.2) is 5.43 Å². The van der Waals surface area contributed by atoms with Crippen LogP contribution in [0.3, 0.4) is 0 Å².